The first-order valence-corrected chi connectivity index (χ1v) is 9.06. The van der Waals surface area contributed by atoms with Crippen LogP contribution in [-0.4, -0.2) is 76.6 Å². The molecule has 0 radical (unpaired) electrons. The fraction of sp³-hybridized carbons (Fsp3) is 0.667. The van der Waals surface area contributed by atoms with Crippen LogP contribution in [0, 0.1) is 0 Å². The number of thiol groups is 1. The van der Waals surface area contributed by atoms with Crippen molar-refractivity contribution in [3.63, 3.8) is 0 Å². The van der Waals surface area contributed by atoms with Crippen LogP contribution in [0.3, 0.4) is 0 Å². The second kappa shape index (κ2) is 10.7. The fourth-order valence-corrected chi connectivity index (χ4v) is 3.00. The van der Waals surface area contributed by atoms with Gasteiger partial charge in [-0.05, 0) is 19.3 Å². The summed E-state index contributed by atoms with van der Waals surface area (Å²) in [4.78, 5) is 60.0. The molecule has 3 atom stereocenters. The number of hydrogen-bond donors (Lipinski definition) is 6. The molecule has 12 heteroatoms. The van der Waals surface area contributed by atoms with Crippen LogP contribution in [0.2, 0.25) is 0 Å². The highest BCUT2D eigenvalue weighted by Crippen LogP contribution is 2.18. The lowest BCUT2D eigenvalue weighted by atomic mass is 10.1. The molecule has 0 aromatic carbocycles. The summed E-state index contributed by atoms with van der Waals surface area (Å²) in [5.74, 6) is -3.73. The lowest BCUT2D eigenvalue weighted by Gasteiger charge is -2.27. The monoisotopic (exact) mass is 403 g/mol. The highest BCUT2D eigenvalue weighted by atomic mass is 32.1. The van der Waals surface area contributed by atoms with E-state index in [4.69, 9.17) is 11.5 Å². The Balaban J connectivity index is 2.82. The molecule has 152 valence electrons. The maximum absolute atomic E-state index is 12.6. The van der Waals surface area contributed by atoms with Crippen LogP contribution in [0.1, 0.15) is 25.7 Å². The SMILES string of the molecule is NCC(=O)NC(CCC(N)=O)C(=O)NC(CS)C(=O)N1CCCC1C(=O)O. The van der Waals surface area contributed by atoms with E-state index >= 15 is 0 Å². The molecule has 0 spiro atoms. The van der Waals surface area contributed by atoms with E-state index in [1.165, 1.54) is 4.90 Å². The van der Waals surface area contributed by atoms with E-state index in [0.717, 1.165) is 0 Å². The van der Waals surface area contributed by atoms with Gasteiger partial charge in [0, 0.05) is 18.7 Å². The summed E-state index contributed by atoms with van der Waals surface area (Å²) in [5, 5.41) is 14.0. The maximum Gasteiger partial charge on any atom is 0.326 e. The van der Waals surface area contributed by atoms with Crippen molar-refractivity contribution < 1.29 is 29.1 Å². The normalized spacial score (nSPS) is 18.4. The van der Waals surface area contributed by atoms with E-state index in [0.29, 0.717) is 12.8 Å². The average Bonchev–Trinajstić information content (AvgIpc) is 3.11. The predicted molar refractivity (Wildman–Crippen MR) is 97.6 cm³/mol. The van der Waals surface area contributed by atoms with Crippen LogP contribution < -0.4 is 22.1 Å². The largest absolute Gasteiger partial charge is 0.480 e. The molecule has 0 bridgehead atoms. The minimum Gasteiger partial charge on any atom is -0.480 e. The van der Waals surface area contributed by atoms with Gasteiger partial charge in [0.25, 0.3) is 0 Å². The van der Waals surface area contributed by atoms with Gasteiger partial charge in [-0.1, -0.05) is 0 Å². The van der Waals surface area contributed by atoms with E-state index in [-0.39, 0.29) is 31.7 Å². The Morgan fingerprint density at radius 3 is 2.37 bits per heavy atom. The van der Waals surface area contributed by atoms with Crippen molar-refractivity contribution in [1.82, 2.24) is 15.5 Å². The van der Waals surface area contributed by atoms with Crippen LogP contribution >= 0.6 is 12.6 Å². The number of rotatable bonds is 10. The first kappa shape index (κ1) is 22.7. The molecule has 0 saturated carbocycles. The zero-order chi connectivity index (χ0) is 20.6. The Hall–Kier alpha value is -2.34. The van der Waals surface area contributed by atoms with Gasteiger partial charge in [0.15, 0.2) is 0 Å². The fourth-order valence-electron chi connectivity index (χ4n) is 2.75. The Bertz CT molecular complexity index is 601. The molecule has 1 aliphatic heterocycles. The van der Waals surface area contributed by atoms with E-state index in [9.17, 15) is 29.1 Å². The summed E-state index contributed by atoms with van der Waals surface area (Å²) in [6.07, 6.45) is 0.656. The van der Waals surface area contributed by atoms with Crippen molar-refractivity contribution in [2.75, 3.05) is 18.8 Å². The van der Waals surface area contributed by atoms with Gasteiger partial charge in [0.05, 0.1) is 6.54 Å². The number of nitrogens with two attached hydrogens (primary N) is 2. The molecule has 3 unspecified atom stereocenters. The minimum atomic E-state index is -1.11. The van der Waals surface area contributed by atoms with Gasteiger partial charge in [0.2, 0.25) is 23.6 Å². The second-order valence-corrected chi connectivity index (χ2v) is 6.47. The highest BCUT2D eigenvalue weighted by Gasteiger charge is 2.37. The van der Waals surface area contributed by atoms with Gasteiger partial charge in [0.1, 0.15) is 18.1 Å². The van der Waals surface area contributed by atoms with Crippen molar-refractivity contribution in [3.05, 3.63) is 0 Å². The topological polar surface area (TPSA) is 185 Å². The van der Waals surface area contributed by atoms with Gasteiger partial charge >= 0.3 is 5.97 Å². The molecule has 1 heterocycles. The number of amides is 4. The van der Waals surface area contributed by atoms with Crippen molar-refractivity contribution in [2.24, 2.45) is 11.5 Å². The molecule has 0 aromatic heterocycles. The zero-order valence-electron chi connectivity index (χ0n) is 14.7. The Morgan fingerprint density at radius 2 is 1.85 bits per heavy atom. The summed E-state index contributed by atoms with van der Waals surface area (Å²) in [7, 11) is 0. The second-order valence-electron chi connectivity index (χ2n) is 6.10. The smallest absolute Gasteiger partial charge is 0.326 e. The quantitative estimate of drug-likeness (QED) is 0.212. The number of carbonyl (C=O) groups excluding carboxylic acids is 4. The third kappa shape index (κ3) is 6.71. The number of primary amides is 1. The van der Waals surface area contributed by atoms with E-state index in [1.807, 2.05) is 0 Å². The Kier molecular flexibility index (Phi) is 9.02. The summed E-state index contributed by atoms with van der Waals surface area (Å²) in [6.45, 7) is -0.0890. The number of carboxylic acid groups (broad SMARTS) is 1. The predicted octanol–water partition coefficient (Wildman–Crippen LogP) is -2.81. The number of carbonyl (C=O) groups is 5. The molecule has 1 rings (SSSR count). The van der Waals surface area contributed by atoms with E-state index < -0.39 is 47.7 Å². The molecule has 27 heavy (non-hydrogen) atoms. The lowest BCUT2D eigenvalue weighted by Crippen LogP contribution is -2.57. The van der Waals surface area contributed by atoms with Crippen LogP contribution in [0.25, 0.3) is 0 Å². The molecule has 0 aliphatic carbocycles. The zero-order valence-corrected chi connectivity index (χ0v) is 15.6. The van der Waals surface area contributed by atoms with Crippen molar-refractivity contribution >= 4 is 42.2 Å². The third-order valence-corrected chi connectivity index (χ3v) is 4.50. The first-order chi connectivity index (χ1) is 12.7. The molecule has 0 aromatic rings. The molecule has 1 saturated heterocycles. The Morgan fingerprint density at radius 1 is 1.19 bits per heavy atom. The number of aliphatic carboxylic acids is 1. The molecule has 11 nitrogen and oxygen atoms in total. The molecular weight excluding hydrogens is 378 g/mol. The highest BCUT2D eigenvalue weighted by molar-refractivity contribution is 7.80. The summed E-state index contributed by atoms with van der Waals surface area (Å²) >= 11 is 4.05. The number of nitrogens with zero attached hydrogens (tertiary/aromatic N) is 1. The van der Waals surface area contributed by atoms with Crippen molar-refractivity contribution in [2.45, 2.75) is 43.8 Å². The number of hydrogen-bond acceptors (Lipinski definition) is 7. The van der Waals surface area contributed by atoms with Gasteiger partial charge < -0.3 is 32.1 Å². The molecule has 1 fully saturated rings. The molecule has 4 amide bonds. The minimum absolute atomic E-state index is 0.0676. The van der Waals surface area contributed by atoms with E-state index in [2.05, 4.69) is 23.3 Å². The van der Waals surface area contributed by atoms with Gasteiger partial charge in [-0.2, -0.15) is 12.6 Å². The number of likely N-dealkylation sites (tertiary alicyclic amines) is 1. The van der Waals surface area contributed by atoms with Gasteiger partial charge in [-0.25, -0.2) is 4.79 Å². The first-order valence-electron chi connectivity index (χ1n) is 8.43. The molecule has 1 aliphatic rings. The Labute approximate surface area is 161 Å². The number of nitrogens with one attached hydrogen (secondary N) is 2. The standard InChI is InChI=1S/C15H25N5O6S/c16-6-12(22)18-8(3-4-11(17)21)13(23)19-9(7-27)14(24)20-5-1-2-10(20)15(25)26/h8-10,27H,1-7,16H2,(H2,17,21)(H,18,22)(H,19,23)(H,25,26). The van der Waals surface area contributed by atoms with Crippen LogP contribution in [0.5, 0.6) is 0 Å². The summed E-state index contributed by atoms with van der Waals surface area (Å²) in [6, 6.07) is -3.14. The lowest BCUT2D eigenvalue weighted by molar-refractivity contribution is -0.149. The van der Waals surface area contributed by atoms with Gasteiger partial charge in [-0.3, -0.25) is 19.2 Å². The van der Waals surface area contributed by atoms with Crippen molar-refractivity contribution in [3.8, 4) is 0 Å². The van der Waals surface area contributed by atoms with Gasteiger partial charge in [-0.15, -0.1) is 0 Å². The third-order valence-electron chi connectivity index (χ3n) is 4.13. The van der Waals surface area contributed by atoms with Crippen LogP contribution in [-0.2, 0) is 24.0 Å². The molecule has 7 N–H and O–H groups in total. The summed E-state index contributed by atoms with van der Waals surface area (Å²) in [5.41, 5.74) is 10.3. The average molecular weight is 403 g/mol. The van der Waals surface area contributed by atoms with Crippen LogP contribution in [0.15, 0.2) is 0 Å². The van der Waals surface area contributed by atoms with Crippen molar-refractivity contribution in [1.29, 1.82) is 0 Å². The van der Waals surface area contributed by atoms with E-state index in [1.54, 1.807) is 0 Å². The van der Waals surface area contributed by atoms with Crippen LogP contribution in [0.4, 0.5) is 0 Å². The summed E-state index contributed by atoms with van der Waals surface area (Å²) < 4.78 is 0. The number of carboxylic acids is 1. The maximum atomic E-state index is 12.6. The molecular formula is C15H25N5O6S.